The van der Waals surface area contributed by atoms with Crippen molar-refractivity contribution in [2.24, 2.45) is 0 Å². The van der Waals surface area contributed by atoms with Gasteiger partial charge in [0.25, 0.3) is 5.91 Å². The lowest BCUT2D eigenvalue weighted by Gasteiger charge is -2.36. The Balaban J connectivity index is 2.14. The van der Waals surface area contributed by atoms with Gasteiger partial charge in [-0.25, -0.2) is 0 Å². The number of benzene rings is 2. The standard InChI is InChI=1S/C25H32N2O4/c1-6-10-23(29)26-20-13-14-22(21(15-20)18(2)28)31-17-24(30)27(25(3,4)5)16-19-11-8-7-9-12-19/h7-9,11-15H,6,10,16-17H2,1-5H3,(H,26,29). The van der Waals surface area contributed by atoms with E-state index in [0.29, 0.717) is 30.0 Å². The van der Waals surface area contributed by atoms with Crippen molar-refractivity contribution in [3.8, 4) is 5.75 Å². The monoisotopic (exact) mass is 424 g/mol. The molecule has 6 nitrogen and oxygen atoms in total. The maximum atomic E-state index is 13.0. The van der Waals surface area contributed by atoms with E-state index < -0.39 is 5.54 Å². The number of nitrogens with one attached hydrogen (secondary N) is 1. The summed E-state index contributed by atoms with van der Waals surface area (Å²) in [6.45, 7) is 9.56. The van der Waals surface area contributed by atoms with E-state index in [1.54, 1.807) is 23.1 Å². The number of ketones is 1. The number of Topliss-reactive ketones (excluding diaryl/α,β-unsaturated/α-hetero) is 1. The summed E-state index contributed by atoms with van der Waals surface area (Å²) in [4.78, 5) is 38.7. The highest BCUT2D eigenvalue weighted by atomic mass is 16.5. The molecule has 0 aliphatic rings. The van der Waals surface area contributed by atoms with Gasteiger partial charge >= 0.3 is 0 Å². The van der Waals surface area contributed by atoms with E-state index in [1.807, 2.05) is 58.0 Å². The van der Waals surface area contributed by atoms with Gasteiger partial charge in [-0.15, -0.1) is 0 Å². The summed E-state index contributed by atoms with van der Waals surface area (Å²) in [5.74, 6) is -0.164. The third-order valence-corrected chi connectivity index (χ3v) is 4.77. The van der Waals surface area contributed by atoms with Crippen LogP contribution in [0.2, 0.25) is 0 Å². The maximum Gasteiger partial charge on any atom is 0.261 e. The van der Waals surface area contributed by atoms with Gasteiger partial charge < -0.3 is 15.0 Å². The second-order valence-electron chi connectivity index (χ2n) is 8.49. The summed E-state index contributed by atoms with van der Waals surface area (Å²) in [5.41, 5.74) is 1.49. The number of carbonyl (C=O) groups excluding carboxylic acids is 3. The molecular formula is C25H32N2O4. The SMILES string of the molecule is CCCC(=O)Nc1ccc(OCC(=O)N(Cc2ccccc2)C(C)(C)C)c(C(C)=O)c1. The van der Waals surface area contributed by atoms with Crippen molar-refractivity contribution in [3.05, 3.63) is 59.7 Å². The zero-order chi connectivity index (χ0) is 23.0. The number of hydrogen-bond donors (Lipinski definition) is 1. The van der Waals surface area contributed by atoms with Crippen LogP contribution in [0.1, 0.15) is 63.4 Å². The summed E-state index contributed by atoms with van der Waals surface area (Å²) >= 11 is 0. The summed E-state index contributed by atoms with van der Waals surface area (Å²) < 4.78 is 5.76. The van der Waals surface area contributed by atoms with E-state index >= 15 is 0 Å². The molecule has 0 bridgehead atoms. The van der Waals surface area contributed by atoms with Gasteiger partial charge in [-0.1, -0.05) is 37.3 Å². The normalized spacial score (nSPS) is 11.0. The number of nitrogens with zero attached hydrogens (tertiary/aromatic N) is 1. The van der Waals surface area contributed by atoms with Crippen LogP contribution in [0.5, 0.6) is 5.75 Å². The molecule has 0 atom stereocenters. The smallest absolute Gasteiger partial charge is 0.261 e. The largest absolute Gasteiger partial charge is 0.483 e. The molecule has 2 rings (SSSR count). The fourth-order valence-electron chi connectivity index (χ4n) is 3.14. The highest BCUT2D eigenvalue weighted by Gasteiger charge is 2.27. The van der Waals surface area contributed by atoms with Gasteiger partial charge in [-0.05, 0) is 57.9 Å². The van der Waals surface area contributed by atoms with E-state index in [0.717, 1.165) is 12.0 Å². The summed E-state index contributed by atoms with van der Waals surface area (Å²) in [6.07, 6.45) is 1.15. The van der Waals surface area contributed by atoms with Crippen LogP contribution in [0.15, 0.2) is 48.5 Å². The third-order valence-electron chi connectivity index (χ3n) is 4.77. The molecule has 0 aliphatic heterocycles. The molecule has 0 saturated heterocycles. The van der Waals surface area contributed by atoms with E-state index in [1.165, 1.54) is 6.92 Å². The minimum Gasteiger partial charge on any atom is -0.483 e. The molecule has 0 fully saturated rings. The highest BCUT2D eigenvalue weighted by Crippen LogP contribution is 2.25. The van der Waals surface area contributed by atoms with Crippen molar-refractivity contribution in [1.82, 2.24) is 4.90 Å². The lowest BCUT2D eigenvalue weighted by Crippen LogP contribution is -2.47. The lowest BCUT2D eigenvalue weighted by molar-refractivity contribution is -0.139. The van der Waals surface area contributed by atoms with E-state index in [2.05, 4.69) is 5.32 Å². The minimum absolute atomic E-state index is 0.109. The molecular weight excluding hydrogens is 392 g/mol. The van der Waals surface area contributed by atoms with Crippen LogP contribution in [0.3, 0.4) is 0 Å². The van der Waals surface area contributed by atoms with Crippen molar-refractivity contribution in [3.63, 3.8) is 0 Å². The van der Waals surface area contributed by atoms with E-state index in [4.69, 9.17) is 4.74 Å². The van der Waals surface area contributed by atoms with Gasteiger partial charge in [-0.3, -0.25) is 14.4 Å². The van der Waals surface area contributed by atoms with Gasteiger partial charge in [0.1, 0.15) is 5.75 Å². The Bertz CT molecular complexity index is 917. The van der Waals surface area contributed by atoms with Crippen LogP contribution in [0.4, 0.5) is 5.69 Å². The molecule has 0 heterocycles. The van der Waals surface area contributed by atoms with Crippen LogP contribution < -0.4 is 10.1 Å². The van der Waals surface area contributed by atoms with E-state index in [9.17, 15) is 14.4 Å². The Labute approximate surface area is 184 Å². The molecule has 0 saturated carbocycles. The predicted molar refractivity (Wildman–Crippen MR) is 122 cm³/mol. The van der Waals surface area contributed by atoms with Crippen LogP contribution in [0, 0.1) is 0 Å². The quantitative estimate of drug-likeness (QED) is 0.585. The first kappa shape index (κ1) is 24.1. The lowest BCUT2D eigenvalue weighted by atomic mass is 10.0. The summed E-state index contributed by atoms with van der Waals surface area (Å²) in [7, 11) is 0. The van der Waals surface area contributed by atoms with Crippen molar-refractivity contribution in [2.75, 3.05) is 11.9 Å². The van der Waals surface area contributed by atoms with E-state index in [-0.39, 0.29) is 24.2 Å². The van der Waals surface area contributed by atoms with Gasteiger partial charge in [0.15, 0.2) is 12.4 Å². The highest BCUT2D eigenvalue weighted by molar-refractivity contribution is 5.99. The molecule has 31 heavy (non-hydrogen) atoms. The second kappa shape index (κ2) is 10.8. The Hall–Kier alpha value is -3.15. The van der Waals surface area contributed by atoms with Crippen LogP contribution in [0.25, 0.3) is 0 Å². The van der Waals surface area contributed by atoms with Crippen molar-refractivity contribution < 1.29 is 19.1 Å². The summed E-state index contributed by atoms with van der Waals surface area (Å²) in [5, 5.41) is 2.77. The molecule has 0 aromatic heterocycles. The predicted octanol–water partition coefficient (Wildman–Crippen LogP) is 4.83. The number of amides is 2. The molecule has 0 spiro atoms. The average Bonchev–Trinajstić information content (AvgIpc) is 2.70. The maximum absolute atomic E-state index is 13.0. The zero-order valence-corrected chi connectivity index (χ0v) is 19.0. The molecule has 2 amide bonds. The zero-order valence-electron chi connectivity index (χ0n) is 19.0. The van der Waals surface area contributed by atoms with Crippen LogP contribution >= 0.6 is 0 Å². The van der Waals surface area contributed by atoms with Crippen LogP contribution in [-0.4, -0.2) is 34.6 Å². The molecule has 166 valence electrons. The van der Waals surface area contributed by atoms with Gasteiger partial charge in [0.2, 0.25) is 5.91 Å². The third kappa shape index (κ3) is 7.24. The number of hydrogen-bond acceptors (Lipinski definition) is 4. The molecule has 2 aromatic carbocycles. The van der Waals surface area contributed by atoms with Gasteiger partial charge in [0, 0.05) is 24.2 Å². The Morgan fingerprint density at radius 2 is 1.71 bits per heavy atom. The van der Waals surface area contributed by atoms with Crippen molar-refractivity contribution in [2.45, 2.75) is 59.5 Å². The second-order valence-corrected chi connectivity index (χ2v) is 8.49. The van der Waals surface area contributed by atoms with Gasteiger partial charge in [0.05, 0.1) is 5.56 Å². The molecule has 2 aromatic rings. The topological polar surface area (TPSA) is 75.7 Å². The molecule has 1 N–H and O–H groups in total. The molecule has 6 heteroatoms. The number of anilines is 1. The molecule has 0 aliphatic carbocycles. The molecule has 0 unspecified atom stereocenters. The Kier molecular flexibility index (Phi) is 8.37. The fourth-order valence-corrected chi connectivity index (χ4v) is 3.14. The number of ether oxygens (including phenoxy) is 1. The number of carbonyl (C=O) groups is 3. The fraction of sp³-hybridized carbons (Fsp3) is 0.400. The first-order valence-electron chi connectivity index (χ1n) is 10.5. The summed E-state index contributed by atoms with van der Waals surface area (Å²) in [6, 6.07) is 14.6. The van der Waals surface area contributed by atoms with Crippen LogP contribution in [-0.2, 0) is 16.1 Å². The molecule has 0 radical (unpaired) electrons. The minimum atomic E-state index is -0.396. The van der Waals surface area contributed by atoms with Crippen molar-refractivity contribution >= 4 is 23.3 Å². The van der Waals surface area contributed by atoms with Crippen molar-refractivity contribution in [1.29, 1.82) is 0 Å². The number of rotatable bonds is 9. The Morgan fingerprint density at radius 3 is 2.29 bits per heavy atom. The average molecular weight is 425 g/mol. The van der Waals surface area contributed by atoms with Gasteiger partial charge in [-0.2, -0.15) is 0 Å². The first-order valence-corrected chi connectivity index (χ1v) is 10.5. The Morgan fingerprint density at radius 1 is 1.03 bits per heavy atom. The first-order chi connectivity index (χ1) is 14.6.